The van der Waals surface area contributed by atoms with Crippen molar-refractivity contribution in [3.63, 3.8) is 0 Å². The summed E-state index contributed by atoms with van der Waals surface area (Å²) >= 11 is 0. The number of hydrogen-bond acceptors (Lipinski definition) is 3. The Labute approximate surface area is 153 Å². The fraction of sp³-hybridized carbons (Fsp3) is 0.238. The molecule has 0 spiro atoms. The molecular formula is C21H23N5. The van der Waals surface area contributed by atoms with E-state index in [1.54, 1.807) is 0 Å². The zero-order chi connectivity index (χ0) is 18.3. The molecule has 0 atom stereocenters. The third-order valence-corrected chi connectivity index (χ3v) is 4.78. The number of pyridine rings is 1. The molecule has 0 amide bonds. The van der Waals surface area contributed by atoms with Crippen LogP contribution in [0.5, 0.6) is 0 Å². The van der Waals surface area contributed by atoms with Crippen LogP contribution >= 0.6 is 0 Å². The van der Waals surface area contributed by atoms with E-state index in [4.69, 9.17) is 0 Å². The maximum absolute atomic E-state index is 4.57. The first-order valence-electron chi connectivity index (χ1n) is 8.83. The van der Waals surface area contributed by atoms with Gasteiger partial charge in [0.1, 0.15) is 5.82 Å². The average molecular weight is 345 g/mol. The molecule has 0 fully saturated rings. The van der Waals surface area contributed by atoms with E-state index in [0.29, 0.717) is 5.92 Å². The predicted molar refractivity (Wildman–Crippen MR) is 107 cm³/mol. The molecule has 0 saturated heterocycles. The van der Waals surface area contributed by atoms with Crippen LogP contribution in [0.15, 0.2) is 55.0 Å². The van der Waals surface area contributed by atoms with Crippen LogP contribution in [0.4, 0.5) is 11.5 Å². The van der Waals surface area contributed by atoms with Crippen molar-refractivity contribution in [1.82, 2.24) is 19.3 Å². The van der Waals surface area contributed by atoms with Crippen LogP contribution in [0.25, 0.3) is 22.2 Å². The number of benzene rings is 1. The van der Waals surface area contributed by atoms with Gasteiger partial charge in [0, 0.05) is 49.2 Å². The molecule has 1 N–H and O–H groups in total. The third kappa shape index (κ3) is 2.96. The molecule has 4 aromatic rings. The molecular weight excluding hydrogens is 322 g/mol. The average Bonchev–Trinajstić information content (AvgIpc) is 3.19. The lowest BCUT2D eigenvalue weighted by Gasteiger charge is -2.09. The Morgan fingerprint density at radius 1 is 1.00 bits per heavy atom. The van der Waals surface area contributed by atoms with Crippen molar-refractivity contribution in [2.75, 3.05) is 5.32 Å². The number of aromatic nitrogens is 4. The first kappa shape index (κ1) is 16.4. The highest BCUT2D eigenvalue weighted by atomic mass is 15.2. The van der Waals surface area contributed by atoms with E-state index < -0.39 is 0 Å². The van der Waals surface area contributed by atoms with Gasteiger partial charge in [0.25, 0.3) is 0 Å². The Kier molecular flexibility index (Phi) is 3.99. The quantitative estimate of drug-likeness (QED) is 0.576. The molecule has 1 aromatic carbocycles. The highest BCUT2D eigenvalue weighted by Gasteiger charge is 2.11. The summed E-state index contributed by atoms with van der Waals surface area (Å²) in [6, 6.07) is 12.8. The van der Waals surface area contributed by atoms with Gasteiger partial charge in [0.05, 0.1) is 17.4 Å². The van der Waals surface area contributed by atoms with Gasteiger partial charge in [-0.2, -0.15) is 5.10 Å². The zero-order valence-electron chi connectivity index (χ0n) is 15.6. The number of anilines is 2. The van der Waals surface area contributed by atoms with E-state index in [-0.39, 0.29) is 0 Å². The van der Waals surface area contributed by atoms with Gasteiger partial charge >= 0.3 is 0 Å². The van der Waals surface area contributed by atoms with Crippen LogP contribution in [0.2, 0.25) is 0 Å². The molecule has 0 aliphatic rings. The zero-order valence-corrected chi connectivity index (χ0v) is 15.6. The fourth-order valence-corrected chi connectivity index (χ4v) is 3.23. The standard InChI is InChI=1S/C21H23N5/c1-14(2)15-5-7-18(8-6-15)24-21-10-20-16(11-22-21)9-19(26(20)4)17-12-23-25(3)13-17/h5-14H,1-4H3,(H,22,24). The summed E-state index contributed by atoms with van der Waals surface area (Å²) in [6.45, 7) is 4.40. The van der Waals surface area contributed by atoms with Gasteiger partial charge in [-0.05, 0) is 29.7 Å². The first-order chi connectivity index (χ1) is 12.5. The molecule has 0 bridgehead atoms. The second kappa shape index (κ2) is 6.33. The van der Waals surface area contributed by atoms with Crippen LogP contribution in [-0.2, 0) is 14.1 Å². The molecule has 0 aliphatic heterocycles. The second-order valence-corrected chi connectivity index (χ2v) is 7.02. The summed E-state index contributed by atoms with van der Waals surface area (Å²) < 4.78 is 4.00. The predicted octanol–water partition coefficient (Wildman–Crippen LogP) is 4.84. The van der Waals surface area contributed by atoms with Gasteiger partial charge in [-0.1, -0.05) is 26.0 Å². The largest absolute Gasteiger partial charge is 0.343 e. The summed E-state index contributed by atoms with van der Waals surface area (Å²) in [6.07, 6.45) is 5.83. The number of hydrogen-bond donors (Lipinski definition) is 1. The molecule has 4 rings (SSSR count). The van der Waals surface area contributed by atoms with Crippen molar-refractivity contribution in [1.29, 1.82) is 0 Å². The van der Waals surface area contributed by atoms with Crippen LogP contribution in [0.3, 0.4) is 0 Å². The van der Waals surface area contributed by atoms with Crippen molar-refractivity contribution in [3.05, 3.63) is 60.6 Å². The Morgan fingerprint density at radius 3 is 2.42 bits per heavy atom. The van der Waals surface area contributed by atoms with Crippen LogP contribution < -0.4 is 5.32 Å². The van der Waals surface area contributed by atoms with Crippen molar-refractivity contribution in [3.8, 4) is 11.3 Å². The Morgan fingerprint density at radius 2 is 1.77 bits per heavy atom. The molecule has 0 unspecified atom stereocenters. The summed E-state index contributed by atoms with van der Waals surface area (Å²) in [5.74, 6) is 1.38. The van der Waals surface area contributed by atoms with Gasteiger partial charge in [0.2, 0.25) is 0 Å². The molecule has 0 radical (unpaired) electrons. The lowest BCUT2D eigenvalue weighted by atomic mass is 10.0. The molecule has 0 aliphatic carbocycles. The van der Waals surface area contributed by atoms with E-state index >= 15 is 0 Å². The van der Waals surface area contributed by atoms with E-state index in [1.807, 2.05) is 30.3 Å². The van der Waals surface area contributed by atoms with Crippen LogP contribution in [0, 0.1) is 0 Å². The molecule has 5 heteroatoms. The van der Waals surface area contributed by atoms with E-state index in [0.717, 1.165) is 33.7 Å². The fourth-order valence-electron chi connectivity index (χ4n) is 3.23. The summed E-state index contributed by atoms with van der Waals surface area (Å²) in [5.41, 5.74) is 5.75. The Balaban J connectivity index is 1.66. The smallest absolute Gasteiger partial charge is 0.132 e. The van der Waals surface area contributed by atoms with Crippen molar-refractivity contribution >= 4 is 22.4 Å². The second-order valence-electron chi connectivity index (χ2n) is 7.02. The maximum atomic E-state index is 4.57. The molecule has 5 nitrogen and oxygen atoms in total. The summed E-state index contributed by atoms with van der Waals surface area (Å²) in [5, 5.41) is 8.79. The summed E-state index contributed by atoms with van der Waals surface area (Å²) in [4.78, 5) is 4.57. The third-order valence-electron chi connectivity index (χ3n) is 4.78. The minimum Gasteiger partial charge on any atom is -0.343 e. The topological polar surface area (TPSA) is 47.7 Å². The number of nitrogens with one attached hydrogen (secondary N) is 1. The number of rotatable bonds is 4. The SMILES string of the molecule is CC(C)c1ccc(Nc2cc3c(cn2)cc(-c2cnn(C)c2)n3C)cc1. The highest BCUT2D eigenvalue weighted by molar-refractivity contribution is 5.88. The van der Waals surface area contributed by atoms with Gasteiger partial charge in [-0.15, -0.1) is 0 Å². The van der Waals surface area contributed by atoms with Gasteiger partial charge in [-0.25, -0.2) is 4.98 Å². The van der Waals surface area contributed by atoms with Gasteiger partial charge < -0.3 is 9.88 Å². The van der Waals surface area contributed by atoms with E-state index in [1.165, 1.54) is 5.56 Å². The number of nitrogens with zero attached hydrogens (tertiary/aromatic N) is 4. The Hall–Kier alpha value is -3.08. The van der Waals surface area contributed by atoms with Gasteiger partial charge in [0.15, 0.2) is 0 Å². The molecule has 0 saturated carbocycles. The van der Waals surface area contributed by atoms with Crippen LogP contribution in [-0.4, -0.2) is 19.3 Å². The first-order valence-corrected chi connectivity index (χ1v) is 8.83. The normalized spacial score (nSPS) is 11.4. The Bertz CT molecular complexity index is 1050. The molecule has 3 heterocycles. The lowest BCUT2D eigenvalue weighted by molar-refractivity contribution is 0.768. The summed E-state index contributed by atoms with van der Waals surface area (Å²) in [7, 11) is 4.01. The molecule has 132 valence electrons. The van der Waals surface area contributed by atoms with Gasteiger partial charge in [-0.3, -0.25) is 4.68 Å². The monoisotopic (exact) mass is 345 g/mol. The van der Waals surface area contributed by atoms with E-state index in [9.17, 15) is 0 Å². The minimum absolute atomic E-state index is 0.535. The number of aryl methyl sites for hydroxylation is 2. The lowest BCUT2D eigenvalue weighted by Crippen LogP contribution is -1.96. The minimum atomic E-state index is 0.535. The number of fused-ring (bicyclic) bond motifs is 1. The van der Waals surface area contributed by atoms with E-state index in [2.05, 4.69) is 77.3 Å². The van der Waals surface area contributed by atoms with Crippen LogP contribution in [0.1, 0.15) is 25.3 Å². The highest BCUT2D eigenvalue weighted by Crippen LogP contribution is 2.28. The van der Waals surface area contributed by atoms with Crippen molar-refractivity contribution in [2.24, 2.45) is 14.1 Å². The molecule has 3 aromatic heterocycles. The molecule has 26 heavy (non-hydrogen) atoms. The van der Waals surface area contributed by atoms with Crippen molar-refractivity contribution < 1.29 is 0 Å². The maximum Gasteiger partial charge on any atom is 0.132 e. The van der Waals surface area contributed by atoms with Crippen molar-refractivity contribution in [2.45, 2.75) is 19.8 Å².